The summed E-state index contributed by atoms with van der Waals surface area (Å²) in [6.07, 6.45) is 2.27. The zero-order chi connectivity index (χ0) is 12.1. The summed E-state index contributed by atoms with van der Waals surface area (Å²) in [5, 5.41) is 4.15. The molecule has 0 saturated carbocycles. The SMILES string of the molecule is COc1cc(C(Cc2ccsc2)NN)ncn1. The van der Waals surface area contributed by atoms with E-state index < -0.39 is 0 Å². The van der Waals surface area contributed by atoms with E-state index in [0.29, 0.717) is 5.88 Å². The molecule has 0 bridgehead atoms. The number of methoxy groups -OCH3 is 1. The number of rotatable bonds is 5. The Morgan fingerprint density at radius 1 is 1.53 bits per heavy atom. The van der Waals surface area contributed by atoms with E-state index >= 15 is 0 Å². The van der Waals surface area contributed by atoms with E-state index in [4.69, 9.17) is 10.6 Å². The fourth-order valence-corrected chi connectivity index (χ4v) is 2.23. The van der Waals surface area contributed by atoms with Crippen LogP contribution < -0.4 is 16.0 Å². The van der Waals surface area contributed by atoms with Crippen molar-refractivity contribution in [2.45, 2.75) is 12.5 Å². The summed E-state index contributed by atoms with van der Waals surface area (Å²) in [4.78, 5) is 8.18. The van der Waals surface area contributed by atoms with Gasteiger partial charge < -0.3 is 4.74 Å². The first-order valence-electron chi connectivity index (χ1n) is 5.16. The van der Waals surface area contributed by atoms with Crippen LogP contribution in [0.5, 0.6) is 5.88 Å². The third kappa shape index (κ3) is 3.00. The molecule has 2 aromatic rings. The van der Waals surface area contributed by atoms with Crippen LogP contribution in [0.1, 0.15) is 17.3 Å². The monoisotopic (exact) mass is 250 g/mol. The molecule has 5 nitrogen and oxygen atoms in total. The van der Waals surface area contributed by atoms with Crippen LogP contribution in [0.2, 0.25) is 0 Å². The van der Waals surface area contributed by atoms with Gasteiger partial charge in [0, 0.05) is 6.07 Å². The van der Waals surface area contributed by atoms with Gasteiger partial charge in [-0.05, 0) is 28.8 Å². The second-order valence-corrected chi connectivity index (χ2v) is 4.32. The Bertz CT molecular complexity index is 460. The Labute approximate surface area is 104 Å². The van der Waals surface area contributed by atoms with Crippen molar-refractivity contribution in [1.82, 2.24) is 15.4 Å². The van der Waals surface area contributed by atoms with E-state index in [0.717, 1.165) is 12.1 Å². The van der Waals surface area contributed by atoms with E-state index in [1.165, 1.54) is 11.9 Å². The number of nitrogens with one attached hydrogen (secondary N) is 1. The highest BCUT2D eigenvalue weighted by atomic mass is 32.1. The largest absolute Gasteiger partial charge is 0.481 e. The highest BCUT2D eigenvalue weighted by molar-refractivity contribution is 7.07. The van der Waals surface area contributed by atoms with E-state index in [9.17, 15) is 0 Å². The van der Waals surface area contributed by atoms with Gasteiger partial charge in [0.25, 0.3) is 0 Å². The summed E-state index contributed by atoms with van der Waals surface area (Å²) in [6.45, 7) is 0. The van der Waals surface area contributed by atoms with Crippen LogP contribution in [0.15, 0.2) is 29.2 Å². The van der Waals surface area contributed by atoms with E-state index in [1.54, 1.807) is 24.5 Å². The number of thiophene rings is 1. The normalized spacial score (nSPS) is 12.4. The number of hydrogen-bond acceptors (Lipinski definition) is 6. The molecule has 0 aliphatic rings. The maximum absolute atomic E-state index is 5.57. The molecule has 2 aromatic heterocycles. The summed E-state index contributed by atoms with van der Waals surface area (Å²) >= 11 is 1.67. The second kappa shape index (κ2) is 5.72. The lowest BCUT2D eigenvalue weighted by Gasteiger charge is -2.14. The van der Waals surface area contributed by atoms with Gasteiger partial charge in [-0.15, -0.1) is 0 Å². The van der Waals surface area contributed by atoms with Crippen molar-refractivity contribution < 1.29 is 4.74 Å². The zero-order valence-electron chi connectivity index (χ0n) is 9.46. The Kier molecular flexibility index (Phi) is 4.03. The molecule has 0 radical (unpaired) electrons. The van der Waals surface area contributed by atoms with Gasteiger partial charge in [0.2, 0.25) is 5.88 Å². The van der Waals surface area contributed by atoms with Gasteiger partial charge in [-0.25, -0.2) is 9.97 Å². The summed E-state index contributed by atoms with van der Waals surface area (Å²) in [6, 6.07) is 3.83. The van der Waals surface area contributed by atoms with Crippen molar-refractivity contribution >= 4 is 11.3 Å². The van der Waals surface area contributed by atoms with Gasteiger partial charge in [-0.3, -0.25) is 11.3 Å². The summed E-state index contributed by atoms with van der Waals surface area (Å²) in [7, 11) is 1.58. The third-order valence-electron chi connectivity index (χ3n) is 2.45. The lowest BCUT2D eigenvalue weighted by atomic mass is 10.1. The molecule has 1 unspecified atom stereocenters. The van der Waals surface area contributed by atoms with E-state index in [-0.39, 0.29) is 6.04 Å². The number of hydrazine groups is 1. The van der Waals surface area contributed by atoms with Gasteiger partial charge in [0.1, 0.15) is 6.33 Å². The number of nitrogens with two attached hydrogens (primary N) is 1. The number of hydrogen-bond donors (Lipinski definition) is 2. The second-order valence-electron chi connectivity index (χ2n) is 3.54. The van der Waals surface area contributed by atoms with Crippen molar-refractivity contribution in [2.75, 3.05) is 7.11 Å². The maximum atomic E-state index is 5.57. The molecule has 2 rings (SSSR count). The van der Waals surface area contributed by atoms with Crippen LogP contribution in [-0.2, 0) is 6.42 Å². The van der Waals surface area contributed by atoms with Crippen molar-refractivity contribution in [3.05, 3.63) is 40.5 Å². The molecule has 90 valence electrons. The number of aromatic nitrogens is 2. The molecule has 0 saturated heterocycles. The minimum absolute atomic E-state index is 0.0403. The summed E-state index contributed by atoms with van der Waals surface area (Å²) < 4.78 is 5.07. The van der Waals surface area contributed by atoms with Crippen molar-refractivity contribution in [2.24, 2.45) is 5.84 Å². The molecule has 2 heterocycles. The lowest BCUT2D eigenvalue weighted by Crippen LogP contribution is -2.30. The average molecular weight is 250 g/mol. The first-order chi connectivity index (χ1) is 8.33. The highest BCUT2D eigenvalue weighted by Crippen LogP contribution is 2.19. The molecule has 0 aliphatic carbocycles. The number of nitrogens with zero attached hydrogens (tertiary/aromatic N) is 2. The summed E-state index contributed by atoms with van der Waals surface area (Å²) in [5.41, 5.74) is 4.82. The van der Waals surface area contributed by atoms with E-state index in [1.807, 2.05) is 5.38 Å². The highest BCUT2D eigenvalue weighted by Gasteiger charge is 2.13. The molecule has 0 aromatic carbocycles. The summed E-state index contributed by atoms with van der Waals surface area (Å²) in [5.74, 6) is 6.11. The van der Waals surface area contributed by atoms with Gasteiger partial charge in [-0.1, -0.05) is 0 Å². The predicted octanol–water partition coefficient (Wildman–Crippen LogP) is 1.29. The van der Waals surface area contributed by atoms with Crippen LogP contribution >= 0.6 is 11.3 Å². The fourth-order valence-electron chi connectivity index (χ4n) is 1.55. The van der Waals surface area contributed by atoms with Crippen LogP contribution in [0.25, 0.3) is 0 Å². The van der Waals surface area contributed by atoms with Crippen LogP contribution in [0.3, 0.4) is 0 Å². The Balaban J connectivity index is 2.16. The van der Waals surface area contributed by atoms with Gasteiger partial charge in [0.15, 0.2) is 0 Å². The smallest absolute Gasteiger partial charge is 0.216 e. The first-order valence-corrected chi connectivity index (χ1v) is 6.11. The van der Waals surface area contributed by atoms with Crippen LogP contribution in [0.4, 0.5) is 0 Å². The van der Waals surface area contributed by atoms with Crippen LogP contribution in [-0.4, -0.2) is 17.1 Å². The van der Waals surface area contributed by atoms with Gasteiger partial charge >= 0.3 is 0 Å². The standard InChI is InChI=1S/C11H14N4OS/c1-16-11-5-9(13-7-14-11)10(15-12)4-8-2-3-17-6-8/h2-3,5-7,10,15H,4,12H2,1H3. The van der Waals surface area contributed by atoms with E-state index in [2.05, 4.69) is 26.8 Å². The van der Waals surface area contributed by atoms with Crippen molar-refractivity contribution in [1.29, 1.82) is 0 Å². The van der Waals surface area contributed by atoms with Crippen molar-refractivity contribution in [3.8, 4) is 5.88 Å². The molecule has 6 heteroatoms. The first kappa shape index (κ1) is 12.0. The lowest BCUT2D eigenvalue weighted by molar-refractivity contribution is 0.393. The average Bonchev–Trinajstić information content (AvgIpc) is 2.89. The zero-order valence-corrected chi connectivity index (χ0v) is 10.3. The molecule has 3 N–H and O–H groups in total. The quantitative estimate of drug-likeness (QED) is 0.618. The Hall–Kier alpha value is -1.50. The topological polar surface area (TPSA) is 73.1 Å². The van der Waals surface area contributed by atoms with Gasteiger partial charge in [-0.2, -0.15) is 11.3 Å². The molecular weight excluding hydrogens is 236 g/mol. The molecule has 17 heavy (non-hydrogen) atoms. The molecular formula is C11H14N4OS. The minimum Gasteiger partial charge on any atom is -0.481 e. The third-order valence-corrected chi connectivity index (χ3v) is 3.18. The number of ether oxygens (including phenoxy) is 1. The van der Waals surface area contributed by atoms with Crippen LogP contribution in [0, 0.1) is 0 Å². The molecule has 0 amide bonds. The molecule has 0 spiro atoms. The van der Waals surface area contributed by atoms with Gasteiger partial charge in [0.05, 0.1) is 18.8 Å². The fraction of sp³-hybridized carbons (Fsp3) is 0.273. The maximum Gasteiger partial charge on any atom is 0.216 e. The Morgan fingerprint density at radius 2 is 2.41 bits per heavy atom. The minimum atomic E-state index is -0.0403. The van der Waals surface area contributed by atoms with Crippen molar-refractivity contribution in [3.63, 3.8) is 0 Å². The molecule has 1 atom stereocenters. The Morgan fingerprint density at radius 3 is 3.06 bits per heavy atom. The molecule has 0 aliphatic heterocycles. The predicted molar refractivity (Wildman–Crippen MR) is 66.7 cm³/mol. The molecule has 0 fully saturated rings.